The van der Waals surface area contributed by atoms with Gasteiger partial charge in [-0.1, -0.05) is 41.9 Å². The van der Waals surface area contributed by atoms with Crippen molar-refractivity contribution in [1.29, 1.82) is 0 Å². The van der Waals surface area contributed by atoms with Gasteiger partial charge in [0.25, 0.3) is 0 Å². The van der Waals surface area contributed by atoms with Gasteiger partial charge >= 0.3 is 6.09 Å². The monoisotopic (exact) mass is 449 g/mol. The predicted molar refractivity (Wildman–Crippen MR) is 123 cm³/mol. The zero-order valence-electron chi connectivity index (χ0n) is 17.6. The van der Waals surface area contributed by atoms with E-state index in [0.717, 1.165) is 42.1 Å². The van der Waals surface area contributed by atoms with E-state index in [-0.39, 0.29) is 6.09 Å². The maximum atomic E-state index is 12.6. The number of anilines is 1. The Bertz CT molecular complexity index is 1110. The fraction of sp³-hybridized carbons (Fsp3) is 0.280. The Morgan fingerprint density at radius 3 is 2.84 bits per heavy atom. The third kappa shape index (κ3) is 4.42. The van der Waals surface area contributed by atoms with Crippen LogP contribution in [0.3, 0.4) is 0 Å². The molecule has 0 saturated carbocycles. The minimum absolute atomic E-state index is 0.311. The summed E-state index contributed by atoms with van der Waals surface area (Å²) >= 11 is 6.11. The topological polar surface area (TPSA) is 54.9 Å². The third-order valence-corrected chi connectivity index (χ3v) is 6.20. The first-order chi connectivity index (χ1) is 15.6. The first-order valence-electron chi connectivity index (χ1n) is 10.7. The fourth-order valence-electron chi connectivity index (χ4n) is 4.40. The van der Waals surface area contributed by atoms with E-state index in [1.807, 2.05) is 48.7 Å². The lowest BCUT2D eigenvalue weighted by Gasteiger charge is -2.23. The standard InChI is InChI=1S/C25H24ClN3O3/c26-21-7-3-8-22(13-21)29-18-25(32-24(29)30)10-12-28(17-25)15-20-6-1-2-9-23(20)31-16-19-5-4-11-27-14-19/h1-9,11,13-14H,10,12,15-18H2/t25-/m0/s1. The highest BCUT2D eigenvalue weighted by molar-refractivity contribution is 6.30. The molecule has 3 aromatic rings. The molecule has 6 nitrogen and oxygen atoms in total. The molecule has 0 aliphatic carbocycles. The molecule has 2 aliphatic rings. The number of para-hydroxylation sites is 1. The van der Waals surface area contributed by atoms with Crippen LogP contribution >= 0.6 is 11.6 Å². The number of ether oxygens (including phenoxy) is 2. The van der Waals surface area contributed by atoms with Gasteiger partial charge in [-0.25, -0.2) is 4.79 Å². The largest absolute Gasteiger partial charge is 0.489 e. The summed E-state index contributed by atoms with van der Waals surface area (Å²) in [5.41, 5.74) is 2.42. The SMILES string of the molecule is O=C1O[C@]2(CCN(Cc3ccccc3OCc3cccnc3)C2)CN1c1cccc(Cl)c1. The van der Waals surface area contributed by atoms with Gasteiger partial charge in [0.2, 0.25) is 0 Å². The second-order valence-corrected chi connectivity index (χ2v) is 8.77. The van der Waals surface area contributed by atoms with Gasteiger partial charge in [-0.3, -0.25) is 14.8 Å². The molecular weight excluding hydrogens is 426 g/mol. The van der Waals surface area contributed by atoms with Crippen molar-refractivity contribution in [2.24, 2.45) is 0 Å². The van der Waals surface area contributed by atoms with Crippen LogP contribution in [-0.2, 0) is 17.9 Å². The second-order valence-electron chi connectivity index (χ2n) is 8.34. The van der Waals surface area contributed by atoms with Gasteiger partial charge in [-0.15, -0.1) is 0 Å². The molecule has 1 atom stereocenters. The molecule has 0 N–H and O–H groups in total. The number of aromatic nitrogens is 1. The highest BCUT2D eigenvalue weighted by Crippen LogP contribution is 2.36. The van der Waals surface area contributed by atoms with Gasteiger partial charge in [0.1, 0.15) is 18.0 Å². The van der Waals surface area contributed by atoms with Crippen molar-refractivity contribution in [3.63, 3.8) is 0 Å². The Morgan fingerprint density at radius 1 is 1.09 bits per heavy atom. The van der Waals surface area contributed by atoms with Crippen molar-refractivity contribution in [2.75, 3.05) is 24.5 Å². The number of pyridine rings is 1. The quantitative estimate of drug-likeness (QED) is 0.535. The summed E-state index contributed by atoms with van der Waals surface area (Å²) in [6.07, 6.45) is 4.06. The molecular formula is C25H24ClN3O3. The number of hydrogen-bond acceptors (Lipinski definition) is 5. The maximum absolute atomic E-state index is 12.6. The van der Waals surface area contributed by atoms with Crippen LogP contribution in [0.25, 0.3) is 0 Å². The summed E-state index contributed by atoms with van der Waals surface area (Å²) in [6, 6.07) is 19.3. The van der Waals surface area contributed by atoms with Crippen molar-refractivity contribution in [2.45, 2.75) is 25.2 Å². The van der Waals surface area contributed by atoms with Gasteiger partial charge in [0.05, 0.1) is 6.54 Å². The predicted octanol–water partition coefficient (Wildman–Crippen LogP) is 4.92. The molecule has 2 aliphatic heterocycles. The number of hydrogen-bond donors (Lipinski definition) is 0. The van der Waals surface area contributed by atoms with E-state index in [4.69, 9.17) is 21.1 Å². The van der Waals surface area contributed by atoms with Crippen molar-refractivity contribution in [1.82, 2.24) is 9.88 Å². The molecule has 3 heterocycles. The third-order valence-electron chi connectivity index (χ3n) is 5.97. The highest BCUT2D eigenvalue weighted by atomic mass is 35.5. The van der Waals surface area contributed by atoms with Crippen molar-refractivity contribution >= 4 is 23.4 Å². The average molecular weight is 450 g/mol. The van der Waals surface area contributed by atoms with Crippen molar-refractivity contribution in [3.8, 4) is 5.75 Å². The molecule has 2 fully saturated rings. The number of likely N-dealkylation sites (tertiary alicyclic amines) is 1. The molecule has 5 rings (SSSR count). The van der Waals surface area contributed by atoms with Gasteiger partial charge in [-0.2, -0.15) is 0 Å². The Hall–Kier alpha value is -3.09. The average Bonchev–Trinajstić information content (AvgIpc) is 3.35. The van der Waals surface area contributed by atoms with E-state index in [1.54, 1.807) is 23.2 Å². The molecule has 7 heteroatoms. The van der Waals surface area contributed by atoms with E-state index < -0.39 is 5.60 Å². The lowest BCUT2D eigenvalue weighted by Crippen LogP contribution is -2.37. The number of nitrogens with zero attached hydrogens (tertiary/aromatic N) is 3. The number of carbonyl (C=O) groups is 1. The molecule has 0 bridgehead atoms. The molecule has 1 amide bonds. The summed E-state index contributed by atoms with van der Waals surface area (Å²) < 4.78 is 12.0. The number of benzene rings is 2. The highest BCUT2D eigenvalue weighted by Gasteiger charge is 2.50. The van der Waals surface area contributed by atoms with Crippen LogP contribution in [0.4, 0.5) is 10.5 Å². The number of rotatable bonds is 6. The molecule has 2 aromatic carbocycles. The van der Waals surface area contributed by atoms with E-state index in [1.165, 1.54) is 0 Å². The second kappa shape index (κ2) is 8.81. The van der Waals surface area contributed by atoms with Crippen LogP contribution in [-0.4, -0.2) is 41.2 Å². The molecule has 0 unspecified atom stereocenters. The Morgan fingerprint density at radius 2 is 2.00 bits per heavy atom. The van der Waals surface area contributed by atoms with Gasteiger partial charge < -0.3 is 9.47 Å². The number of halogens is 1. The Balaban J connectivity index is 1.24. The number of amides is 1. The minimum atomic E-state index is -0.495. The van der Waals surface area contributed by atoms with Crippen LogP contribution in [0.2, 0.25) is 5.02 Å². The number of carbonyl (C=O) groups excluding carboxylic acids is 1. The fourth-order valence-corrected chi connectivity index (χ4v) is 4.59. The summed E-state index contributed by atoms with van der Waals surface area (Å²) in [5.74, 6) is 0.862. The maximum Gasteiger partial charge on any atom is 0.415 e. The van der Waals surface area contributed by atoms with E-state index in [0.29, 0.717) is 24.7 Å². The van der Waals surface area contributed by atoms with Crippen LogP contribution in [0.5, 0.6) is 5.75 Å². The zero-order chi connectivity index (χ0) is 22.0. The van der Waals surface area contributed by atoms with Gasteiger partial charge in [-0.05, 0) is 30.3 Å². The summed E-state index contributed by atoms with van der Waals surface area (Å²) in [6.45, 7) is 3.28. The van der Waals surface area contributed by atoms with E-state index >= 15 is 0 Å². The summed E-state index contributed by atoms with van der Waals surface area (Å²) in [4.78, 5) is 20.7. The molecule has 1 spiro atoms. The molecule has 2 saturated heterocycles. The van der Waals surface area contributed by atoms with Crippen LogP contribution in [0.15, 0.2) is 73.1 Å². The lowest BCUT2D eigenvalue weighted by molar-refractivity contribution is 0.0628. The molecule has 0 radical (unpaired) electrons. The van der Waals surface area contributed by atoms with E-state index in [9.17, 15) is 4.79 Å². The van der Waals surface area contributed by atoms with Crippen LogP contribution in [0, 0.1) is 0 Å². The van der Waals surface area contributed by atoms with Crippen molar-refractivity contribution < 1.29 is 14.3 Å². The molecule has 32 heavy (non-hydrogen) atoms. The normalized spacial score (nSPS) is 20.7. The van der Waals surface area contributed by atoms with Crippen molar-refractivity contribution in [3.05, 3.63) is 89.2 Å². The molecule has 164 valence electrons. The lowest BCUT2D eigenvalue weighted by atomic mass is 10.0. The summed E-state index contributed by atoms with van der Waals surface area (Å²) in [7, 11) is 0. The van der Waals surface area contributed by atoms with Gasteiger partial charge in [0.15, 0.2) is 0 Å². The smallest absolute Gasteiger partial charge is 0.415 e. The first kappa shape index (κ1) is 20.8. The Kier molecular flexibility index (Phi) is 5.72. The van der Waals surface area contributed by atoms with Crippen LogP contribution in [0.1, 0.15) is 17.5 Å². The molecule has 1 aromatic heterocycles. The van der Waals surface area contributed by atoms with Crippen LogP contribution < -0.4 is 9.64 Å². The minimum Gasteiger partial charge on any atom is -0.489 e. The summed E-state index contributed by atoms with van der Waals surface area (Å²) in [5, 5.41) is 0.604. The van der Waals surface area contributed by atoms with Gasteiger partial charge in [0, 0.05) is 60.3 Å². The zero-order valence-corrected chi connectivity index (χ0v) is 18.4. The Labute approximate surface area is 192 Å². The first-order valence-corrected chi connectivity index (χ1v) is 11.1. The van der Waals surface area contributed by atoms with E-state index in [2.05, 4.69) is 16.0 Å².